The smallest absolute Gasteiger partial charge is 0.257 e. The molecule has 2 heterocycles. The molecule has 0 saturated carbocycles. The van der Waals surface area contributed by atoms with Gasteiger partial charge in [-0.3, -0.25) is 4.79 Å². The zero-order valence-electron chi connectivity index (χ0n) is 12.1. The molecule has 1 fully saturated rings. The molecule has 1 N–H and O–H groups in total. The van der Waals surface area contributed by atoms with Gasteiger partial charge in [0.25, 0.3) is 5.91 Å². The predicted octanol–water partition coefficient (Wildman–Crippen LogP) is 3.52. The number of furan rings is 1. The number of hydrogen-bond donors (Lipinski definition) is 1. The molecule has 0 radical (unpaired) electrons. The van der Waals surface area contributed by atoms with Crippen LogP contribution in [0.2, 0.25) is 5.02 Å². The van der Waals surface area contributed by atoms with E-state index in [1.807, 2.05) is 17.0 Å². The van der Waals surface area contributed by atoms with Crippen LogP contribution < -0.4 is 0 Å². The fourth-order valence-electron chi connectivity index (χ4n) is 2.92. The van der Waals surface area contributed by atoms with Crippen molar-refractivity contribution in [2.45, 2.75) is 18.9 Å². The summed E-state index contributed by atoms with van der Waals surface area (Å²) in [4.78, 5) is 14.0. The van der Waals surface area contributed by atoms with E-state index in [2.05, 4.69) is 0 Å². The molecule has 1 aromatic carbocycles. The Morgan fingerprint density at radius 1 is 1.23 bits per heavy atom. The highest BCUT2D eigenvalue weighted by atomic mass is 35.5. The van der Waals surface area contributed by atoms with Gasteiger partial charge in [0, 0.05) is 18.1 Å². The molecule has 1 atom stereocenters. The van der Waals surface area contributed by atoms with E-state index in [0.717, 1.165) is 18.4 Å². The molecule has 0 aliphatic carbocycles. The van der Waals surface area contributed by atoms with Crippen LogP contribution in [0.3, 0.4) is 0 Å². The Morgan fingerprint density at radius 2 is 1.91 bits per heavy atom. The molecule has 4 nitrogen and oxygen atoms in total. The van der Waals surface area contributed by atoms with Crippen molar-refractivity contribution in [3.05, 3.63) is 59.0 Å². The van der Waals surface area contributed by atoms with E-state index in [9.17, 15) is 9.90 Å². The summed E-state index contributed by atoms with van der Waals surface area (Å²) >= 11 is 5.87. The number of carbonyl (C=O) groups excluding carboxylic acids is 1. The maximum absolute atomic E-state index is 12.2. The number of halogens is 1. The number of rotatable bonds is 3. The third-order valence-corrected chi connectivity index (χ3v) is 4.50. The molecular formula is C17H18ClNO3. The van der Waals surface area contributed by atoms with Crippen LogP contribution in [0.25, 0.3) is 0 Å². The van der Waals surface area contributed by atoms with Crippen molar-refractivity contribution in [3.63, 3.8) is 0 Å². The summed E-state index contributed by atoms with van der Waals surface area (Å²) in [5.41, 5.74) is 1.46. The van der Waals surface area contributed by atoms with E-state index in [-0.39, 0.29) is 11.8 Å². The standard InChI is InChI=1S/C17H18ClNO3/c18-15-3-1-12(2-4-15)16(20)13-5-8-19(9-6-13)17(21)14-7-10-22-11-14/h1-4,7,10-11,13,16,20H,5-6,8-9H2. The van der Waals surface area contributed by atoms with Gasteiger partial charge in [-0.15, -0.1) is 0 Å². The van der Waals surface area contributed by atoms with Crippen LogP contribution in [-0.2, 0) is 0 Å². The van der Waals surface area contributed by atoms with Gasteiger partial charge in [-0.25, -0.2) is 0 Å². The van der Waals surface area contributed by atoms with Gasteiger partial charge in [0.2, 0.25) is 0 Å². The maximum atomic E-state index is 12.2. The first-order valence-corrected chi connectivity index (χ1v) is 7.78. The van der Waals surface area contributed by atoms with Gasteiger partial charge in [-0.05, 0) is 42.5 Å². The zero-order chi connectivity index (χ0) is 15.5. The minimum absolute atomic E-state index is 0.00631. The van der Waals surface area contributed by atoms with Gasteiger partial charge < -0.3 is 14.4 Å². The second-order valence-electron chi connectivity index (χ2n) is 5.64. The van der Waals surface area contributed by atoms with E-state index in [1.165, 1.54) is 12.5 Å². The summed E-state index contributed by atoms with van der Waals surface area (Å²) in [5, 5.41) is 11.1. The molecule has 5 heteroatoms. The van der Waals surface area contributed by atoms with Crippen LogP contribution in [0, 0.1) is 5.92 Å². The molecule has 1 unspecified atom stereocenters. The molecule has 0 spiro atoms. The Bertz CT molecular complexity index is 616. The van der Waals surface area contributed by atoms with Gasteiger partial charge >= 0.3 is 0 Å². The monoisotopic (exact) mass is 319 g/mol. The number of hydrogen-bond acceptors (Lipinski definition) is 3. The first kappa shape index (κ1) is 15.1. The van der Waals surface area contributed by atoms with Gasteiger partial charge in [0.1, 0.15) is 6.26 Å². The van der Waals surface area contributed by atoms with Crippen LogP contribution >= 0.6 is 11.6 Å². The van der Waals surface area contributed by atoms with E-state index in [4.69, 9.17) is 16.0 Å². The fraction of sp³-hybridized carbons (Fsp3) is 0.353. The quantitative estimate of drug-likeness (QED) is 0.941. The molecule has 1 aromatic heterocycles. The second kappa shape index (κ2) is 6.55. The lowest BCUT2D eigenvalue weighted by molar-refractivity contribution is 0.0462. The molecule has 0 bridgehead atoms. The molecule has 1 amide bonds. The highest BCUT2D eigenvalue weighted by Gasteiger charge is 2.28. The number of aliphatic hydroxyl groups is 1. The van der Waals surface area contributed by atoms with E-state index in [1.54, 1.807) is 18.2 Å². The van der Waals surface area contributed by atoms with Crippen molar-refractivity contribution in [2.75, 3.05) is 13.1 Å². The van der Waals surface area contributed by atoms with Gasteiger partial charge in [-0.1, -0.05) is 23.7 Å². The Hall–Kier alpha value is -1.78. The topological polar surface area (TPSA) is 53.7 Å². The van der Waals surface area contributed by atoms with E-state index < -0.39 is 6.10 Å². The summed E-state index contributed by atoms with van der Waals surface area (Å²) in [6.45, 7) is 1.30. The molecule has 116 valence electrons. The van der Waals surface area contributed by atoms with E-state index in [0.29, 0.717) is 23.7 Å². The fourth-order valence-corrected chi connectivity index (χ4v) is 3.05. The first-order chi connectivity index (χ1) is 10.6. The molecule has 1 aliphatic rings. The predicted molar refractivity (Wildman–Crippen MR) is 83.7 cm³/mol. The van der Waals surface area contributed by atoms with E-state index >= 15 is 0 Å². The van der Waals surface area contributed by atoms with Crippen molar-refractivity contribution in [3.8, 4) is 0 Å². The van der Waals surface area contributed by atoms with Crippen molar-refractivity contribution < 1.29 is 14.3 Å². The highest BCUT2D eigenvalue weighted by Crippen LogP contribution is 2.31. The van der Waals surface area contributed by atoms with Crippen molar-refractivity contribution >= 4 is 17.5 Å². The lowest BCUT2D eigenvalue weighted by Gasteiger charge is -2.34. The van der Waals surface area contributed by atoms with Gasteiger partial charge in [-0.2, -0.15) is 0 Å². The summed E-state index contributed by atoms with van der Waals surface area (Å²) in [5.74, 6) is 0.155. The van der Waals surface area contributed by atoms with Crippen LogP contribution in [0.5, 0.6) is 0 Å². The average molecular weight is 320 g/mol. The number of nitrogens with zero attached hydrogens (tertiary/aromatic N) is 1. The minimum Gasteiger partial charge on any atom is -0.472 e. The summed E-state index contributed by atoms with van der Waals surface area (Å²) in [7, 11) is 0. The Labute approximate surface area is 134 Å². The summed E-state index contributed by atoms with van der Waals surface area (Å²) in [6.07, 6.45) is 4.03. The average Bonchev–Trinajstić information content (AvgIpc) is 3.09. The molecular weight excluding hydrogens is 302 g/mol. The summed E-state index contributed by atoms with van der Waals surface area (Å²) < 4.78 is 4.95. The van der Waals surface area contributed by atoms with Gasteiger partial charge in [0.05, 0.1) is 17.9 Å². The molecule has 22 heavy (non-hydrogen) atoms. The van der Waals surface area contributed by atoms with Crippen LogP contribution in [0.4, 0.5) is 0 Å². The first-order valence-electron chi connectivity index (χ1n) is 7.40. The molecule has 2 aromatic rings. The second-order valence-corrected chi connectivity index (χ2v) is 6.07. The zero-order valence-corrected chi connectivity index (χ0v) is 12.9. The van der Waals surface area contributed by atoms with Crippen LogP contribution in [0.15, 0.2) is 47.3 Å². The SMILES string of the molecule is O=C(c1ccoc1)N1CCC(C(O)c2ccc(Cl)cc2)CC1. The maximum Gasteiger partial charge on any atom is 0.257 e. The normalized spacial score (nSPS) is 17.5. The number of benzene rings is 1. The largest absolute Gasteiger partial charge is 0.472 e. The van der Waals surface area contributed by atoms with Crippen molar-refractivity contribution in [2.24, 2.45) is 5.92 Å². The number of carbonyl (C=O) groups is 1. The van der Waals surface area contributed by atoms with Crippen LogP contribution in [0.1, 0.15) is 34.9 Å². The van der Waals surface area contributed by atoms with Crippen molar-refractivity contribution in [1.29, 1.82) is 0 Å². The third kappa shape index (κ3) is 3.18. The number of amides is 1. The minimum atomic E-state index is -0.511. The number of piperidine rings is 1. The Balaban J connectivity index is 1.59. The van der Waals surface area contributed by atoms with Crippen molar-refractivity contribution in [1.82, 2.24) is 4.90 Å². The molecule has 3 rings (SSSR count). The lowest BCUT2D eigenvalue weighted by atomic mass is 9.87. The molecule has 1 saturated heterocycles. The Morgan fingerprint density at radius 3 is 2.50 bits per heavy atom. The summed E-state index contributed by atoms with van der Waals surface area (Å²) in [6, 6.07) is 8.97. The number of aliphatic hydroxyl groups excluding tert-OH is 1. The van der Waals surface area contributed by atoms with Crippen LogP contribution in [-0.4, -0.2) is 29.0 Å². The highest BCUT2D eigenvalue weighted by molar-refractivity contribution is 6.30. The Kier molecular flexibility index (Phi) is 4.50. The molecule has 1 aliphatic heterocycles. The third-order valence-electron chi connectivity index (χ3n) is 4.25. The number of likely N-dealkylation sites (tertiary alicyclic amines) is 1. The lowest BCUT2D eigenvalue weighted by Crippen LogP contribution is -2.39. The van der Waals surface area contributed by atoms with Gasteiger partial charge in [0.15, 0.2) is 0 Å².